The van der Waals surface area contributed by atoms with E-state index in [1.165, 1.54) is 5.01 Å². The van der Waals surface area contributed by atoms with Gasteiger partial charge in [0.2, 0.25) is 5.91 Å². The van der Waals surface area contributed by atoms with Crippen LogP contribution in [0.25, 0.3) is 33.3 Å². The number of phenolic OH excluding ortho intramolecular Hbond substituents is 1. The molecule has 2 amide bonds. The molecule has 1 aliphatic heterocycles. The molecule has 0 bridgehead atoms. The summed E-state index contributed by atoms with van der Waals surface area (Å²) in [5.74, 6) is 5.43. The number of nitrogens with two attached hydrogens (primary N) is 1. The SMILES string of the molecule is CCn1c(-c2cccnc2C(C)OC)c(CC(C)(C)COC=O)c2cc(-c3cc(O)cc(CC(NC(=O)C(C(C)C)N(C)N)C(=O)N4CCCCN4)c3)ccc21. The van der Waals surface area contributed by atoms with Crippen molar-refractivity contribution < 1.29 is 29.0 Å². The second kappa shape index (κ2) is 18.4. The molecule has 4 aromatic rings. The minimum atomic E-state index is -0.904. The Labute approximate surface area is 330 Å². The Morgan fingerprint density at radius 2 is 1.89 bits per heavy atom. The van der Waals surface area contributed by atoms with Crippen LogP contribution in [0.15, 0.2) is 54.7 Å². The quantitative estimate of drug-likeness (QED) is 0.0610. The first kappa shape index (κ1) is 42.3. The third kappa shape index (κ3) is 9.58. The number of hydrazine groups is 2. The molecule has 1 saturated heterocycles. The predicted molar refractivity (Wildman–Crippen MR) is 218 cm³/mol. The summed E-state index contributed by atoms with van der Waals surface area (Å²) in [5, 5.41) is 18.1. The van der Waals surface area contributed by atoms with Gasteiger partial charge in [-0.2, -0.15) is 0 Å². The van der Waals surface area contributed by atoms with E-state index < -0.39 is 17.5 Å². The van der Waals surface area contributed by atoms with E-state index in [1.807, 2.05) is 39.0 Å². The molecule has 13 heteroatoms. The van der Waals surface area contributed by atoms with Gasteiger partial charge in [-0.15, -0.1) is 0 Å². The number of phenols is 1. The van der Waals surface area contributed by atoms with Gasteiger partial charge in [-0.1, -0.05) is 39.8 Å². The van der Waals surface area contributed by atoms with E-state index in [1.54, 1.807) is 37.5 Å². The number of ether oxygens (including phenoxy) is 2. The maximum absolute atomic E-state index is 14.0. The number of rotatable bonds is 17. The summed E-state index contributed by atoms with van der Waals surface area (Å²) < 4.78 is 13.3. The van der Waals surface area contributed by atoms with Gasteiger partial charge in [0, 0.05) is 68.3 Å². The Balaban J connectivity index is 1.62. The number of methoxy groups -OCH3 is 1. The molecule has 0 spiro atoms. The first-order valence-electron chi connectivity index (χ1n) is 19.5. The summed E-state index contributed by atoms with van der Waals surface area (Å²) in [4.78, 5) is 43.6. The fourth-order valence-electron chi connectivity index (χ4n) is 7.94. The van der Waals surface area contributed by atoms with Crippen molar-refractivity contribution in [3.8, 4) is 28.1 Å². The summed E-state index contributed by atoms with van der Waals surface area (Å²) in [7, 11) is 3.32. The average molecular weight is 770 g/mol. The molecule has 1 fully saturated rings. The molecule has 2 aromatic heterocycles. The van der Waals surface area contributed by atoms with Crippen molar-refractivity contribution in [2.75, 3.05) is 33.9 Å². The van der Waals surface area contributed by atoms with Gasteiger partial charge in [0.15, 0.2) is 0 Å². The predicted octanol–water partition coefficient (Wildman–Crippen LogP) is 5.53. The standard InChI is InChI=1S/C43H59N7O6/c1-9-49-37-15-14-30(23-34(37)35(24-43(5,6)25-56-26-51)40(49)33-13-12-16-45-38(33)28(4)55-8)31-19-29(20-32(52)22-31)21-36(42(54)50-18-11-10-17-46-50)47-41(53)39(27(2)3)48(7)44/h12-16,19-20,22-23,26-28,36,39,46,52H,9-11,17-18,21,24-25,44H2,1-8H3,(H,47,53). The fourth-order valence-corrected chi connectivity index (χ4v) is 7.94. The normalized spacial score (nSPS) is 15.2. The topological polar surface area (TPSA) is 164 Å². The van der Waals surface area contributed by atoms with Gasteiger partial charge in [-0.3, -0.25) is 30.2 Å². The molecule has 56 heavy (non-hydrogen) atoms. The van der Waals surface area contributed by atoms with Gasteiger partial charge in [-0.05, 0) is 97.7 Å². The van der Waals surface area contributed by atoms with Crippen molar-refractivity contribution in [3.05, 3.63) is 71.5 Å². The van der Waals surface area contributed by atoms with E-state index in [0.29, 0.717) is 38.1 Å². The van der Waals surface area contributed by atoms with Crippen LogP contribution in [0.2, 0.25) is 0 Å². The van der Waals surface area contributed by atoms with Crippen LogP contribution < -0.4 is 16.6 Å². The van der Waals surface area contributed by atoms with Crippen LogP contribution in [0.3, 0.4) is 0 Å². The number of hydrogen-bond acceptors (Lipinski definition) is 10. The first-order valence-corrected chi connectivity index (χ1v) is 19.5. The van der Waals surface area contributed by atoms with E-state index in [2.05, 4.69) is 54.3 Å². The number of carbonyl (C=O) groups is 3. The number of amides is 2. The van der Waals surface area contributed by atoms with Crippen LogP contribution in [-0.2, 0) is 43.2 Å². The monoisotopic (exact) mass is 769 g/mol. The van der Waals surface area contributed by atoms with Crippen LogP contribution in [0, 0.1) is 11.3 Å². The Morgan fingerprint density at radius 1 is 1.12 bits per heavy atom. The van der Waals surface area contributed by atoms with E-state index in [4.69, 9.17) is 20.3 Å². The number of nitrogens with zero attached hydrogens (tertiary/aromatic N) is 4. The third-order valence-electron chi connectivity index (χ3n) is 10.6. The Morgan fingerprint density at radius 3 is 2.54 bits per heavy atom. The van der Waals surface area contributed by atoms with Crippen LogP contribution >= 0.6 is 0 Å². The highest BCUT2D eigenvalue weighted by molar-refractivity contribution is 5.95. The highest BCUT2D eigenvalue weighted by atomic mass is 16.5. The molecule has 5 rings (SSSR count). The number of carbonyl (C=O) groups excluding carboxylic acids is 3. The number of aryl methyl sites for hydroxylation is 1. The molecule has 0 saturated carbocycles. The van der Waals surface area contributed by atoms with E-state index in [9.17, 15) is 19.5 Å². The molecule has 3 unspecified atom stereocenters. The van der Waals surface area contributed by atoms with Crippen LogP contribution in [0.1, 0.15) is 77.3 Å². The molecule has 1 aliphatic rings. The zero-order chi connectivity index (χ0) is 40.7. The van der Waals surface area contributed by atoms with Gasteiger partial charge in [0.05, 0.1) is 24.1 Å². The average Bonchev–Trinajstić information content (AvgIpc) is 3.47. The molecular formula is C43H59N7O6. The summed E-state index contributed by atoms with van der Waals surface area (Å²) in [6.07, 6.45) is 4.08. The number of aromatic nitrogens is 2. The second-order valence-electron chi connectivity index (χ2n) is 16.0. The van der Waals surface area contributed by atoms with Gasteiger partial charge in [0.25, 0.3) is 12.4 Å². The van der Waals surface area contributed by atoms with E-state index in [-0.39, 0.29) is 42.6 Å². The van der Waals surface area contributed by atoms with Crippen molar-refractivity contribution in [1.29, 1.82) is 0 Å². The maximum atomic E-state index is 14.0. The Kier molecular flexibility index (Phi) is 13.9. The maximum Gasteiger partial charge on any atom is 0.293 e. The third-order valence-corrected chi connectivity index (χ3v) is 10.6. The number of benzene rings is 2. The molecular weight excluding hydrogens is 711 g/mol. The van der Waals surface area contributed by atoms with Gasteiger partial charge in [0.1, 0.15) is 17.8 Å². The van der Waals surface area contributed by atoms with Crippen LogP contribution in [-0.4, -0.2) is 88.9 Å². The molecule has 3 atom stereocenters. The molecule has 13 nitrogen and oxygen atoms in total. The zero-order valence-corrected chi connectivity index (χ0v) is 34.1. The summed E-state index contributed by atoms with van der Waals surface area (Å²) in [6.45, 7) is 14.7. The number of aromatic hydroxyl groups is 1. The zero-order valence-electron chi connectivity index (χ0n) is 34.1. The lowest BCUT2D eigenvalue weighted by Crippen LogP contribution is -2.59. The number of fused-ring (bicyclic) bond motifs is 1. The molecule has 2 aromatic carbocycles. The fraction of sp³-hybridized carbons (Fsp3) is 0.488. The summed E-state index contributed by atoms with van der Waals surface area (Å²) >= 11 is 0. The van der Waals surface area contributed by atoms with Crippen molar-refractivity contribution in [1.82, 2.24) is 30.3 Å². The number of hydrogen-bond donors (Lipinski definition) is 4. The van der Waals surface area contributed by atoms with Crippen molar-refractivity contribution in [2.45, 2.75) is 92.0 Å². The largest absolute Gasteiger partial charge is 0.508 e. The minimum Gasteiger partial charge on any atom is -0.508 e. The van der Waals surface area contributed by atoms with Crippen molar-refractivity contribution in [3.63, 3.8) is 0 Å². The molecule has 0 aliphatic carbocycles. The first-order chi connectivity index (χ1) is 26.7. The molecule has 5 N–H and O–H groups in total. The Hall–Kier alpha value is -4.82. The van der Waals surface area contributed by atoms with Gasteiger partial charge >= 0.3 is 0 Å². The van der Waals surface area contributed by atoms with E-state index >= 15 is 0 Å². The number of pyridine rings is 1. The van der Waals surface area contributed by atoms with E-state index in [0.717, 1.165) is 57.4 Å². The lowest BCUT2D eigenvalue weighted by Gasteiger charge is -2.33. The number of nitrogens with one attached hydrogen (secondary N) is 2. The lowest BCUT2D eigenvalue weighted by atomic mass is 9.84. The highest BCUT2D eigenvalue weighted by Crippen LogP contribution is 2.42. The molecule has 3 heterocycles. The minimum absolute atomic E-state index is 0.0423. The van der Waals surface area contributed by atoms with Gasteiger partial charge < -0.3 is 24.5 Å². The number of likely N-dealkylation sites (N-methyl/N-ethyl adjacent to an activating group) is 1. The summed E-state index contributed by atoms with van der Waals surface area (Å²) in [5.41, 5.74) is 9.99. The summed E-state index contributed by atoms with van der Waals surface area (Å²) in [6, 6.07) is 14.0. The van der Waals surface area contributed by atoms with Gasteiger partial charge in [-0.25, -0.2) is 10.4 Å². The van der Waals surface area contributed by atoms with Crippen LogP contribution in [0.5, 0.6) is 5.75 Å². The molecule has 302 valence electrons. The second-order valence-corrected chi connectivity index (χ2v) is 16.0. The van der Waals surface area contributed by atoms with Crippen molar-refractivity contribution >= 4 is 29.2 Å². The Bertz CT molecular complexity index is 1990. The highest BCUT2D eigenvalue weighted by Gasteiger charge is 2.33. The smallest absolute Gasteiger partial charge is 0.293 e. The van der Waals surface area contributed by atoms with Crippen LogP contribution in [0.4, 0.5) is 0 Å². The molecule has 0 radical (unpaired) electrons. The lowest BCUT2D eigenvalue weighted by molar-refractivity contribution is -0.141. The van der Waals surface area contributed by atoms with Crippen molar-refractivity contribution in [2.24, 2.45) is 17.2 Å².